The largest absolute Gasteiger partial charge is 0.489 e. The molecule has 14 heteroatoms. The van der Waals surface area contributed by atoms with Crippen LogP contribution in [0.2, 0.25) is 4.34 Å². The van der Waals surface area contributed by atoms with Crippen LogP contribution in [-0.2, 0) is 10.0 Å². The number of carbonyl (C=O) groups is 1. The maximum absolute atomic E-state index is 14.3. The molecule has 0 atom stereocenters. The van der Waals surface area contributed by atoms with E-state index in [0.29, 0.717) is 11.1 Å². The number of anilines is 2. The predicted octanol–water partition coefficient (Wildman–Crippen LogP) is 3.77. The van der Waals surface area contributed by atoms with Crippen molar-refractivity contribution < 1.29 is 27.4 Å². The van der Waals surface area contributed by atoms with Crippen LogP contribution in [-0.4, -0.2) is 44.4 Å². The second-order valence-corrected chi connectivity index (χ2v) is 11.2. The van der Waals surface area contributed by atoms with E-state index in [-0.39, 0.29) is 44.3 Å². The zero-order chi connectivity index (χ0) is 26.7. The van der Waals surface area contributed by atoms with E-state index in [4.69, 9.17) is 16.3 Å². The van der Waals surface area contributed by atoms with Gasteiger partial charge in [0.1, 0.15) is 22.4 Å². The van der Waals surface area contributed by atoms with E-state index in [1.54, 1.807) is 13.1 Å². The number of amides is 2. The molecular weight excluding hydrogens is 547 g/mol. The van der Waals surface area contributed by atoms with E-state index >= 15 is 0 Å². The van der Waals surface area contributed by atoms with Crippen molar-refractivity contribution in [2.24, 2.45) is 0 Å². The first-order chi connectivity index (χ1) is 17.6. The summed E-state index contributed by atoms with van der Waals surface area (Å²) in [5.41, 5.74) is 0.158. The number of thiophene rings is 1. The Morgan fingerprint density at radius 2 is 1.95 bits per heavy atom. The van der Waals surface area contributed by atoms with Crippen LogP contribution in [0, 0.1) is 5.82 Å². The lowest BCUT2D eigenvalue weighted by atomic mass is 10.1. The number of rotatable bonds is 8. The molecule has 37 heavy (non-hydrogen) atoms. The molecule has 0 aliphatic heterocycles. The third kappa shape index (κ3) is 5.69. The summed E-state index contributed by atoms with van der Waals surface area (Å²) in [6, 6.07) is 10.2. The van der Waals surface area contributed by atoms with Gasteiger partial charge >= 0.3 is 6.03 Å². The van der Waals surface area contributed by atoms with E-state index in [9.17, 15) is 27.5 Å². The number of carbonyl (C=O) groups excluding carboxylic acids is 1. The highest BCUT2D eigenvalue weighted by atomic mass is 35.5. The van der Waals surface area contributed by atoms with Crippen molar-refractivity contribution >= 4 is 61.1 Å². The fraction of sp³-hybridized carbons (Fsp3) is 0.130. The third-order valence-electron chi connectivity index (χ3n) is 5.14. The maximum Gasteiger partial charge on any atom is 0.333 e. The van der Waals surface area contributed by atoms with Crippen LogP contribution in [0.3, 0.4) is 0 Å². The number of fused-ring (bicyclic) bond motifs is 1. The summed E-state index contributed by atoms with van der Waals surface area (Å²) in [6.45, 7) is -0.483. The van der Waals surface area contributed by atoms with Crippen molar-refractivity contribution in [2.45, 2.75) is 4.21 Å². The lowest BCUT2D eigenvalue weighted by Gasteiger charge is -2.15. The summed E-state index contributed by atoms with van der Waals surface area (Å²) in [4.78, 5) is 25.5. The van der Waals surface area contributed by atoms with Crippen molar-refractivity contribution in [3.8, 4) is 11.4 Å². The summed E-state index contributed by atoms with van der Waals surface area (Å²) < 4.78 is 47.8. The predicted molar refractivity (Wildman–Crippen MR) is 140 cm³/mol. The molecule has 2 amide bonds. The van der Waals surface area contributed by atoms with E-state index in [1.807, 2.05) is 4.72 Å². The number of ether oxygens (including phenoxy) is 1. The molecule has 0 spiro atoms. The van der Waals surface area contributed by atoms with E-state index in [1.165, 1.54) is 47.2 Å². The molecule has 0 fully saturated rings. The van der Waals surface area contributed by atoms with Gasteiger partial charge in [0.15, 0.2) is 0 Å². The van der Waals surface area contributed by atoms with Crippen LogP contribution in [0.15, 0.2) is 63.7 Å². The van der Waals surface area contributed by atoms with Crippen LogP contribution in [0.1, 0.15) is 0 Å². The van der Waals surface area contributed by atoms with Crippen molar-refractivity contribution in [3.63, 3.8) is 0 Å². The number of hydrogen-bond donors (Lipinski definition) is 4. The average molecular weight is 567 g/mol. The highest BCUT2D eigenvalue weighted by Crippen LogP contribution is 2.29. The number of halogens is 2. The molecule has 2 aromatic carbocycles. The van der Waals surface area contributed by atoms with Gasteiger partial charge in [0.2, 0.25) is 0 Å². The van der Waals surface area contributed by atoms with Gasteiger partial charge in [-0.3, -0.25) is 9.36 Å². The van der Waals surface area contributed by atoms with Crippen LogP contribution < -0.4 is 25.7 Å². The lowest BCUT2D eigenvalue weighted by Crippen LogP contribution is -2.34. The Morgan fingerprint density at radius 3 is 2.62 bits per heavy atom. The average Bonchev–Trinajstić information content (AvgIpc) is 3.31. The normalized spacial score (nSPS) is 11.4. The van der Waals surface area contributed by atoms with Gasteiger partial charge in [-0.05, 0) is 47.9 Å². The fourth-order valence-electron chi connectivity index (χ4n) is 3.46. The Hall–Kier alpha value is -3.65. The van der Waals surface area contributed by atoms with Crippen LogP contribution in [0.4, 0.5) is 20.6 Å². The van der Waals surface area contributed by atoms with Gasteiger partial charge in [-0.2, -0.15) is 0 Å². The van der Waals surface area contributed by atoms with Crippen molar-refractivity contribution in [3.05, 3.63) is 75.2 Å². The number of nitrogens with one attached hydrogen (secondary N) is 3. The maximum atomic E-state index is 14.3. The summed E-state index contributed by atoms with van der Waals surface area (Å²) >= 11 is 6.56. The molecule has 4 aromatic rings. The van der Waals surface area contributed by atoms with Gasteiger partial charge in [0.25, 0.3) is 15.6 Å². The van der Waals surface area contributed by atoms with Gasteiger partial charge in [-0.15, -0.1) is 11.3 Å². The minimum Gasteiger partial charge on any atom is -0.489 e. The smallest absolute Gasteiger partial charge is 0.333 e. The van der Waals surface area contributed by atoms with Crippen molar-refractivity contribution in [2.75, 3.05) is 30.9 Å². The Balaban J connectivity index is 1.65. The van der Waals surface area contributed by atoms with Crippen LogP contribution in [0.25, 0.3) is 16.5 Å². The number of aliphatic hydroxyl groups excluding tert-OH is 1. The summed E-state index contributed by atoms with van der Waals surface area (Å²) in [7, 11) is -2.59. The molecule has 0 saturated carbocycles. The summed E-state index contributed by atoms with van der Waals surface area (Å²) in [5.74, 6) is -0.524. The van der Waals surface area contributed by atoms with Gasteiger partial charge < -0.3 is 20.5 Å². The molecule has 0 radical (unpaired) electrons. The van der Waals surface area contributed by atoms with Crippen LogP contribution in [0.5, 0.6) is 5.75 Å². The van der Waals surface area contributed by atoms with E-state index in [0.717, 1.165) is 17.4 Å². The number of sulfonamides is 1. The number of urea groups is 1. The first-order valence-electron chi connectivity index (χ1n) is 10.6. The third-order valence-corrected chi connectivity index (χ3v) is 8.20. The first kappa shape index (κ1) is 26.4. The van der Waals surface area contributed by atoms with Gasteiger partial charge in [0, 0.05) is 19.3 Å². The topological polar surface area (TPSA) is 139 Å². The molecule has 0 unspecified atom stereocenters. The van der Waals surface area contributed by atoms with Gasteiger partial charge in [0.05, 0.1) is 33.4 Å². The van der Waals surface area contributed by atoms with Crippen LogP contribution >= 0.6 is 22.9 Å². The highest BCUT2D eigenvalue weighted by Gasteiger charge is 2.21. The molecule has 2 heterocycles. The quantitative estimate of drug-likeness (QED) is 0.255. The number of benzene rings is 2. The second kappa shape index (κ2) is 10.8. The molecule has 2 aromatic heterocycles. The zero-order valence-electron chi connectivity index (χ0n) is 19.1. The molecule has 0 bridgehead atoms. The van der Waals surface area contributed by atoms with E-state index < -0.39 is 27.4 Å². The Kier molecular flexibility index (Phi) is 7.68. The zero-order valence-corrected chi connectivity index (χ0v) is 21.5. The standard InChI is InChI=1S/C23H20ClFN4O6S2/c1-26-18-10-13-6-7-29(22(31)15(13)12-16(18)25)14-2-3-17(19(11-14)35-9-8-30)27-23(32)28-37(33,34)21-5-4-20(24)36-21/h2-7,10-12,26,30H,8-9H2,1H3,(H2,27,28,32). The lowest BCUT2D eigenvalue weighted by molar-refractivity contribution is 0.202. The van der Waals surface area contributed by atoms with Gasteiger partial charge in [-0.1, -0.05) is 11.6 Å². The molecule has 194 valence electrons. The number of nitrogens with zero attached hydrogens (tertiary/aromatic N) is 1. The fourth-order valence-corrected chi connectivity index (χ4v) is 5.85. The molecule has 0 aliphatic rings. The van der Waals surface area contributed by atoms with E-state index in [2.05, 4.69) is 10.6 Å². The van der Waals surface area contributed by atoms with Crippen molar-refractivity contribution in [1.29, 1.82) is 0 Å². The number of pyridine rings is 1. The SMILES string of the molecule is CNc1cc2ccn(-c3ccc(NC(=O)NS(=O)(=O)c4ccc(Cl)s4)c(OCCO)c3)c(=O)c2cc1F. The number of aromatic nitrogens is 1. The minimum atomic E-state index is -4.16. The number of hydrogen-bond acceptors (Lipinski definition) is 8. The minimum absolute atomic E-state index is 0.0574. The number of aliphatic hydroxyl groups is 1. The Bertz CT molecular complexity index is 1650. The molecule has 0 aliphatic carbocycles. The molecule has 0 saturated heterocycles. The first-order valence-corrected chi connectivity index (χ1v) is 13.3. The molecule has 4 rings (SSSR count). The highest BCUT2D eigenvalue weighted by molar-refractivity contribution is 7.92. The molecule has 4 N–H and O–H groups in total. The monoisotopic (exact) mass is 566 g/mol. The summed E-state index contributed by atoms with van der Waals surface area (Å²) in [6.07, 6.45) is 1.51. The Morgan fingerprint density at radius 1 is 1.16 bits per heavy atom. The second-order valence-electron chi connectivity index (χ2n) is 7.53. The van der Waals surface area contributed by atoms with Crippen molar-refractivity contribution in [1.82, 2.24) is 9.29 Å². The Labute approximate surface area is 219 Å². The molecular formula is C23H20ClFN4O6S2. The summed E-state index contributed by atoms with van der Waals surface area (Å²) in [5, 5.41) is 15.0. The molecule has 10 nitrogen and oxygen atoms in total. The van der Waals surface area contributed by atoms with Gasteiger partial charge in [-0.25, -0.2) is 22.3 Å².